The average Bonchev–Trinajstić information content (AvgIpc) is 3.12. The Morgan fingerprint density at radius 2 is 1.76 bits per heavy atom. The number of amides is 2. The van der Waals surface area contributed by atoms with Crippen molar-refractivity contribution in [2.75, 3.05) is 11.5 Å². The molecule has 2 aromatic carbocycles. The lowest BCUT2D eigenvalue weighted by Crippen LogP contribution is -2.42. The molecule has 0 aliphatic heterocycles. The number of carboxylic acid groups (broad SMARTS) is 2. The molecule has 3 rings (SSSR count). The Bertz CT molecular complexity index is 1190. The van der Waals surface area contributed by atoms with Crippen molar-refractivity contribution in [3.63, 3.8) is 0 Å². The zero-order valence-electron chi connectivity index (χ0n) is 19.1. The van der Waals surface area contributed by atoms with Gasteiger partial charge in [0.15, 0.2) is 11.5 Å². The van der Waals surface area contributed by atoms with E-state index in [0.29, 0.717) is 28.2 Å². The molecular formula is C25H26N2O6S. The number of carbonyl (C=O) groups excluding carboxylic acids is 1. The van der Waals surface area contributed by atoms with E-state index in [0.717, 1.165) is 16.9 Å². The minimum absolute atomic E-state index is 0.0407. The van der Waals surface area contributed by atoms with E-state index in [1.807, 2.05) is 62.4 Å². The van der Waals surface area contributed by atoms with E-state index in [2.05, 4.69) is 5.32 Å². The normalized spacial score (nSPS) is 10.7. The molecule has 34 heavy (non-hydrogen) atoms. The smallest absolute Gasteiger partial charge is 0.349 e. The molecule has 0 radical (unpaired) electrons. The second-order valence-electron chi connectivity index (χ2n) is 7.93. The molecule has 0 saturated carbocycles. The number of hydrogen-bond acceptors (Lipinski definition) is 5. The van der Waals surface area contributed by atoms with E-state index in [1.54, 1.807) is 17.9 Å². The molecule has 0 atom stereocenters. The quantitative estimate of drug-likeness (QED) is 0.395. The van der Waals surface area contributed by atoms with Gasteiger partial charge in [0.05, 0.1) is 6.54 Å². The van der Waals surface area contributed by atoms with Gasteiger partial charge in [-0.25, -0.2) is 14.4 Å². The first-order valence-corrected chi connectivity index (χ1v) is 11.4. The number of carboxylic acids is 2. The fourth-order valence-electron chi connectivity index (χ4n) is 3.41. The number of anilines is 1. The molecule has 0 fully saturated rings. The predicted molar refractivity (Wildman–Crippen MR) is 131 cm³/mol. The van der Waals surface area contributed by atoms with Crippen molar-refractivity contribution >= 4 is 35.0 Å². The Hall–Kier alpha value is -3.85. The molecule has 0 saturated heterocycles. The van der Waals surface area contributed by atoms with Crippen molar-refractivity contribution in [3.05, 3.63) is 70.6 Å². The van der Waals surface area contributed by atoms with E-state index in [9.17, 15) is 19.5 Å². The van der Waals surface area contributed by atoms with Crippen LogP contribution in [0.3, 0.4) is 0 Å². The van der Waals surface area contributed by atoms with E-state index in [-0.39, 0.29) is 22.7 Å². The van der Waals surface area contributed by atoms with Crippen LogP contribution in [0.2, 0.25) is 0 Å². The van der Waals surface area contributed by atoms with E-state index in [1.165, 1.54) is 0 Å². The highest BCUT2D eigenvalue weighted by Crippen LogP contribution is 2.42. The molecule has 9 heteroatoms. The van der Waals surface area contributed by atoms with E-state index < -0.39 is 18.5 Å². The summed E-state index contributed by atoms with van der Waals surface area (Å²) in [5, 5.41) is 21.5. The first kappa shape index (κ1) is 24.8. The summed E-state index contributed by atoms with van der Waals surface area (Å²) < 4.78 is 5.29. The molecule has 0 spiro atoms. The Balaban J connectivity index is 2.03. The third-order valence-electron chi connectivity index (χ3n) is 4.89. The summed E-state index contributed by atoms with van der Waals surface area (Å²) in [4.78, 5) is 37.9. The van der Waals surface area contributed by atoms with Crippen LogP contribution in [0.1, 0.15) is 34.6 Å². The van der Waals surface area contributed by atoms with Crippen molar-refractivity contribution in [1.29, 1.82) is 0 Å². The number of nitrogens with one attached hydrogen (secondary N) is 1. The van der Waals surface area contributed by atoms with Crippen LogP contribution in [-0.2, 0) is 11.3 Å². The van der Waals surface area contributed by atoms with Crippen LogP contribution in [0.15, 0.2) is 54.6 Å². The van der Waals surface area contributed by atoms with Gasteiger partial charge in [0.25, 0.3) is 0 Å². The van der Waals surface area contributed by atoms with Crippen molar-refractivity contribution in [3.8, 4) is 16.2 Å². The number of rotatable bonds is 9. The third-order valence-corrected chi connectivity index (χ3v) is 6.20. The van der Waals surface area contributed by atoms with Gasteiger partial charge in [0.2, 0.25) is 0 Å². The van der Waals surface area contributed by atoms with Gasteiger partial charge < -0.3 is 20.3 Å². The lowest BCUT2D eigenvalue weighted by molar-refractivity contribution is -0.139. The summed E-state index contributed by atoms with van der Waals surface area (Å²) in [7, 11) is 0. The van der Waals surface area contributed by atoms with Crippen LogP contribution in [0.25, 0.3) is 10.4 Å². The number of carbonyl (C=O) groups is 3. The van der Waals surface area contributed by atoms with Crippen LogP contribution in [0.5, 0.6) is 5.75 Å². The highest BCUT2D eigenvalue weighted by atomic mass is 32.1. The Kier molecular flexibility index (Phi) is 7.91. The summed E-state index contributed by atoms with van der Waals surface area (Å²) in [6.07, 6.45) is 0. The van der Waals surface area contributed by atoms with Crippen molar-refractivity contribution < 1.29 is 29.3 Å². The number of hydrogen-bond donors (Lipinski definition) is 3. The maximum atomic E-state index is 13.0. The average molecular weight is 483 g/mol. The molecule has 1 aromatic heterocycles. The van der Waals surface area contributed by atoms with E-state index in [4.69, 9.17) is 9.84 Å². The maximum Gasteiger partial charge on any atom is 0.349 e. The predicted octanol–water partition coefficient (Wildman–Crippen LogP) is 5.01. The number of nitrogens with zero attached hydrogens (tertiary/aromatic N) is 1. The molecule has 1 heterocycles. The standard InChI is InChI=1S/C25H26N2O6S/c1-15(2)26-25(32)27(13-17-8-5-4-6-9-17)19-11-7-10-18(12-19)22-16(3)21(33-14-20(28)29)23(34-22)24(30)31/h4-12,15H,13-14H2,1-3H3,(H,26,32)(H,28,29)(H,30,31). The zero-order valence-corrected chi connectivity index (χ0v) is 19.9. The molecule has 3 N–H and O–H groups in total. The highest BCUT2D eigenvalue weighted by Gasteiger charge is 2.24. The van der Waals surface area contributed by atoms with Crippen molar-refractivity contribution in [1.82, 2.24) is 5.32 Å². The number of ether oxygens (including phenoxy) is 1. The van der Waals surface area contributed by atoms with Gasteiger partial charge >= 0.3 is 18.0 Å². The van der Waals surface area contributed by atoms with Gasteiger partial charge in [-0.2, -0.15) is 0 Å². The molecule has 0 aliphatic carbocycles. The van der Waals surface area contributed by atoms with Crippen LogP contribution < -0.4 is 15.0 Å². The molecular weight excluding hydrogens is 456 g/mol. The molecule has 8 nitrogen and oxygen atoms in total. The number of aromatic carboxylic acids is 1. The summed E-state index contributed by atoms with van der Waals surface area (Å²) in [5.74, 6) is -2.35. The minimum atomic E-state index is -1.20. The third kappa shape index (κ3) is 5.93. The summed E-state index contributed by atoms with van der Waals surface area (Å²) in [5.41, 5.74) is 2.82. The zero-order chi connectivity index (χ0) is 24.8. The fraction of sp³-hybridized carbons (Fsp3) is 0.240. The first-order chi connectivity index (χ1) is 16.2. The molecule has 2 amide bonds. The van der Waals surface area contributed by atoms with Crippen LogP contribution >= 0.6 is 11.3 Å². The molecule has 178 valence electrons. The van der Waals surface area contributed by atoms with Crippen LogP contribution in [0, 0.1) is 6.92 Å². The van der Waals surface area contributed by atoms with Gasteiger partial charge in [0, 0.05) is 22.2 Å². The number of benzene rings is 2. The number of urea groups is 1. The second kappa shape index (κ2) is 10.8. The van der Waals surface area contributed by atoms with Crippen molar-refractivity contribution in [2.24, 2.45) is 0 Å². The van der Waals surface area contributed by atoms with Gasteiger partial charge in [-0.3, -0.25) is 4.90 Å². The summed E-state index contributed by atoms with van der Waals surface area (Å²) in [6, 6.07) is 16.5. The molecule has 0 aliphatic rings. The Labute approximate surface area is 201 Å². The largest absolute Gasteiger partial charge is 0.480 e. The molecule has 3 aromatic rings. The lowest BCUT2D eigenvalue weighted by atomic mass is 10.1. The van der Waals surface area contributed by atoms with Crippen molar-refractivity contribution in [2.45, 2.75) is 33.4 Å². The minimum Gasteiger partial charge on any atom is -0.480 e. The Morgan fingerprint density at radius 1 is 1.06 bits per heavy atom. The van der Waals surface area contributed by atoms with Gasteiger partial charge in [0.1, 0.15) is 5.75 Å². The van der Waals surface area contributed by atoms with Gasteiger partial charge in [-0.1, -0.05) is 42.5 Å². The topological polar surface area (TPSA) is 116 Å². The monoisotopic (exact) mass is 482 g/mol. The highest BCUT2D eigenvalue weighted by molar-refractivity contribution is 7.18. The Morgan fingerprint density at radius 3 is 2.38 bits per heavy atom. The van der Waals surface area contributed by atoms with Gasteiger partial charge in [-0.05, 0) is 44.0 Å². The number of aliphatic carboxylic acids is 1. The second-order valence-corrected chi connectivity index (χ2v) is 8.95. The fourth-order valence-corrected chi connectivity index (χ4v) is 4.50. The maximum absolute atomic E-state index is 13.0. The lowest BCUT2D eigenvalue weighted by Gasteiger charge is -2.25. The summed E-state index contributed by atoms with van der Waals surface area (Å²) >= 11 is 1.01. The van der Waals surface area contributed by atoms with Crippen LogP contribution in [-0.4, -0.2) is 40.8 Å². The summed E-state index contributed by atoms with van der Waals surface area (Å²) in [6.45, 7) is 5.17. The van der Waals surface area contributed by atoms with Gasteiger partial charge in [-0.15, -0.1) is 11.3 Å². The van der Waals surface area contributed by atoms with Crippen LogP contribution in [0.4, 0.5) is 10.5 Å². The molecule has 0 unspecified atom stereocenters. The SMILES string of the molecule is Cc1c(-c2cccc(N(Cc3ccccc3)C(=O)NC(C)C)c2)sc(C(=O)O)c1OCC(=O)O. The van der Waals surface area contributed by atoms with E-state index >= 15 is 0 Å². The number of thiophene rings is 1. The first-order valence-electron chi connectivity index (χ1n) is 10.6. The molecule has 0 bridgehead atoms.